The predicted molar refractivity (Wildman–Crippen MR) is 72.0 cm³/mol. The van der Waals surface area contributed by atoms with E-state index in [9.17, 15) is 0 Å². The Hall–Kier alpha value is -1.64. The Morgan fingerprint density at radius 2 is 2.11 bits per heavy atom. The molecule has 0 amide bonds. The Labute approximate surface area is 113 Å². The highest BCUT2D eigenvalue weighted by Crippen LogP contribution is 2.23. The van der Waals surface area contributed by atoms with Crippen molar-refractivity contribution in [2.45, 2.75) is 12.5 Å². The lowest BCUT2D eigenvalue weighted by Gasteiger charge is -2.32. The van der Waals surface area contributed by atoms with Crippen LogP contribution in [0.5, 0.6) is 0 Å². The van der Waals surface area contributed by atoms with E-state index in [2.05, 4.69) is 20.9 Å². The summed E-state index contributed by atoms with van der Waals surface area (Å²) in [6, 6.07) is 6.46. The summed E-state index contributed by atoms with van der Waals surface area (Å²) in [5.41, 5.74) is 1.60. The molecular formula is C14H18N4O. The Balaban J connectivity index is 1.63. The second kappa shape index (κ2) is 5.55. The second-order valence-corrected chi connectivity index (χ2v) is 5.05. The fourth-order valence-corrected chi connectivity index (χ4v) is 2.86. The highest BCUT2D eigenvalue weighted by molar-refractivity contribution is 5.47. The smallest absolute Gasteiger partial charge is 0.140 e. The van der Waals surface area contributed by atoms with Crippen molar-refractivity contribution in [3.05, 3.63) is 24.0 Å². The third-order valence-electron chi connectivity index (χ3n) is 3.95. The summed E-state index contributed by atoms with van der Waals surface area (Å²) < 4.78 is 5.40. The summed E-state index contributed by atoms with van der Waals surface area (Å²) in [4.78, 5) is 9.03. The van der Waals surface area contributed by atoms with Crippen LogP contribution in [0.1, 0.15) is 12.1 Å². The average Bonchev–Trinajstić information content (AvgIpc) is 2.98. The summed E-state index contributed by atoms with van der Waals surface area (Å²) in [5, 5.41) is 8.76. The van der Waals surface area contributed by atoms with Gasteiger partial charge in [-0.25, -0.2) is 4.98 Å². The minimum atomic E-state index is 0.479. The van der Waals surface area contributed by atoms with Crippen LogP contribution in [-0.2, 0) is 4.74 Å². The zero-order valence-electron chi connectivity index (χ0n) is 11.0. The van der Waals surface area contributed by atoms with Crippen LogP contribution in [0.4, 0.5) is 5.69 Å². The summed E-state index contributed by atoms with van der Waals surface area (Å²) in [7, 11) is 0. The molecule has 1 unspecified atom stereocenters. The average molecular weight is 258 g/mol. The first-order chi connectivity index (χ1) is 9.36. The first kappa shape index (κ1) is 12.4. The minimum absolute atomic E-state index is 0.479. The number of rotatable bonds is 2. The standard InChI is InChI=1S/C14H18N4O/c15-9-12-1-2-13(10-16-12)18-4-3-14(11-18)17-5-7-19-8-6-17/h1-2,10,14H,3-8,11H2. The van der Waals surface area contributed by atoms with Gasteiger partial charge in [-0.05, 0) is 18.6 Å². The van der Waals surface area contributed by atoms with E-state index in [1.807, 2.05) is 6.07 Å². The molecule has 0 aliphatic carbocycles. The van der Waals surface area contributed by atoms with E-state index in [0.717, 1.165) is 45.1 Å². The molecule has 0 bridgehead atoms. The van der Waals surface area contributed by atoms with Gasteiger partial charge < -0.3 is 9.64 Å². The number of pyridine rings is 1. The Morgan fingerprint density at radius 3 is 2.79 bits per heavy atom. The normalized spacial score (nSPS) is 24.4. The maximum atomic E-state index is 8.76. The molecule has 2 aliphatic rings. The molecule has 19 heavy (non-hydrogen) atoms. The maximum Gasteiger partial charge on any atom is 0.140 e. The Kier molecular flexibility index (Phi) is 3.62. The summed E-state index contributed by atoms with van der Waals surface area (Å²) >= 11 is 0. The lowest BCUT2D eigenvalue weighted by atomic mass is 10.2. The van der Waals surface area contributed by atoms with Gasteiger partial charge in [0.1, 0.15) is 11.8 Å². The van der Waals surface area contributed by atoms with Crippen molar-refractivity contribution in [2.24, 2.45) is 0 Å². The maximum absolute atomic E-state index is 8.76. The van der Waals surface area contributed by atoms with Crippen LogP contribution in [0, 0.1) is 11.3 Å². The van der Waals surface area contributed by atoms with E-state index in [1.54, 1.807) is 12.3 Å². The molecule has 1 aromatic rings. The number of morpholine rings is 1. The van der Waals surface area contributed by atoms with Gasteiger partial charge in [0, 0.05) is 32.2 Å². The number of aromatic nitrogens is 1. The second-order valence-electron chi connectivity index (χ2n) is 5.05. The van der Waals surface area contributed by atoms with Crippen molar-refractivity contribution in [1.29, 1.82) is 5.26 Å². The molecule has 0 aromatic carbocycles. The van der Waals surface area contributed by atoms with Gasteiger partial charge in [-0.1, -0.05) is 0 Å². The topological polar surface area (TPSA) is 52.4 Å². The molecule has 0 N–H and O–H groups in total. The molecule has 1 aromatic heterocycles. The fraction of sp³-hybridized carbons (Fsp3) is 0.571. The third kappa shape index (κ3) is 2.70. The van der Waals surface area contributed by atoms with Crippen LogP contribution >= 0.6 is 0 Å². The van der Waals surface area contributed by atoms with Crippen molar-refractivity contribution in [1.82, 2.24) is 9.88 Å². The van der Waals surface area contributed by atoms with Gasteiger partial charge in [-0.15, -0.1) is 0 Å². The summed E-state index contributed by atoms with van der Waals surface area (Å²) in [6.07, 6.45) is 3.00. The lowest BCUT2D eigenvalue weighted by molar-refractivity contribution is 0.0209. The molecule has 2 saturated heterocycles. The van der Waals surface area contributed by atoms with E-state index in [0.29, 0.717) is 11.7 Å². The number of anilines is 1. The van der Waals surface area contributed by atoms with E-state index in [1.165, 1.54) is 6.42 Å². The van der Waals surface area contributed by atoms with E-state index >= 15 is 0 Å². The van der Waals surface area contributed by atoms with Crippen molar-refractivity contribution >= 4 is 5.69 Å². The largest absolute Gasteiger partial charge is 0.379 e. The van der Waals surface area contributed by atoms with Crippen LogP contribution in [0.15, 0.2) is 18.3 Å². The van der Waals surface area contributed by atoms with Crippen molar-refractivity contribution < 1.29 is 4.74 Å². The van der Waals surface area contributed by atoms with Crippen LogP contribution in [0.25, 0.3) is 0 Å². The van der Waals surface area contributed by atoms with Gasteiger partial charge in [0.15, 0.2) is 0 Å². The summed E-state index contributed by atoms with van der Waals surface area (Å²) in [6.45, 7) is 5.92. The number of ether oxygens (including phenoxy) is 1. The fourth-order valence-electron chi connectivity index (χ4n) is 2.86. The molecule has 5 heteroatoms. The van der Waals surface area contributed by atoms with Gasteiger partial charge in [0.2, 0.25) is 0 Å². The molecule has 0 radical (unpaired) electrons. The van der Waals surface area contributed by atoms with Crippen molar-refractivity contribution in [3.8, 4) is 6.07 Å². The number of hydrogen-bond acceptors (Lipinski definition) is 5. The lowest BCUT2D eigenvalue weighted by Crippen LogP contribution is -2.44. The molecular weight excluding hydrogens is 240 g/mol. The Bertz CT molecular complexity index is 461. The highest BCUT2D eigenvalue weighted by Gasteiger charge is 2.28. The molecule has 100 valence electrons. The zero-order chi connectivity index (χ0) is 13.1. The molecule has 2 aliphatic heterocycles. The van der Waals surface area contributed by atoms with E-state index in [-0.39, 0.29) is 0 Å². The molecule has 3 heterocycles. The van der Waals surface area contributed by atoms with Crippen LogP contribution < -0.4 is 4.90 Å². The summed E-state index contributed by atoms with van der Waals surface area (Å²) in [5.74, 6) is 0. The number of nitrogens with zero attached hydrogens (tertiary/aromatic N) is 4. The van der Waals surface area contributed by atoms with Gasteiger partial charge in [-0.2, -0.15) is 5.26 Å². The van der Waals surface area contributed by atoms with Crippen LogP contribution in [0.2, 0.25) is 0 Å². The van der Waals surface area contributed by atoms with Crippen LogP contribution in [0.3, 0.4) is 0 Å². The van der Waals surface area contributed by atoms with Gasteiger partial charge in [-0.3, -0.25) is 4.90 Å². The SMILES string of the molecule is N#Cc1ccc(N2CCC(N3CCOCC3)C2)cn1. The monoisotopic (exact) mass is 258 g/mol. The minimum Gasteiger partial charge on any atom is -0.379 e. The van der Waals surface area contributed by atoms with Gasteiger partial charge in [0.25, 0.3) is 0 Å². The van der Waals surface area contributed by atoms with Gasteiger partial charge in [0.05, 0.1) is 25.1 Å². The Morgan fingerprint density at radius 1 is 1.26 bits per heavy atom. The van der Waals surface area contributed by atoms with Crippen molar-refractivity contribution in [3.63, 3.8) is 0 Å². The molecule has 3 rings (SSSR count). The van der Waals surface area contributed by atoms with E-state index in [4.69, 9.17) is 10.00 Å². The molecule has 0 saturated carbocycles. The molecule has 2 fully saturated rings. The quantitative estimate of drug-likeness (QED) is 0.787. The van der Waals surface area contributed by atoms with Gasteiger partial charge >= 0.3 is 0 Å². The zero-order valence-corrected chi connectivity index (χ0v) is 11.0. The molecule has 1 atom stereocenters. The third-order valence-corrected chi connectivity index (χ3v) is 3.95. The molecule has 0 spiro atoms. The number of hydrogen-bond donors (Lipinski definition) is 0. The molecule has 5 nitrogen and oxygen atoms in total. The highest BCUT2D eigenvalue weighted by atomic mass is 16.5. The number of nitriles is 1. The predicted octanol–water partition coefficient (Wildman–Crippen LogP) is 0.864. The van der Waals surface area contributed by atoms with Crippen LogP contribution in [-0.4, -0.2) is 55.3 Å². The first-order valence-electron chi connectivity index (χ1n) is 6.80. The van der Waals surface area contributed by atoms with E-state index < -0.39 is 0 Å². The first-order valence-corrected chi connectivity index (χ1v) is 6.80. The van der Waals surface area contributed by atoms with Crippen molar-refractivity contribution in [2.75, 3.05) is 44.3 Å².